The van der Waals surface area contributed by atoms with Gasteiger partial charge in [0.25, 0.3) is 5.91 Å². The van der Waals surface area contributed by atoms with Gasteiger partial charge in [0.15, 0.2) is 0 Å². The van der Waals surface area contributed by atoms with E-state index in [0.717, 1.165) is 35.5 Å². The Hall–Kier alpha value is -2.28. The molecule has 0 aliphatic carbocycles. The van der Waals surface area contributed by atoms with Crippen molar-refractivity contribution in [2.24, 2.45) is 7.05 Å². The van der Waals surface area contributed by atoms with Crippen molar-refractivity contribution in [1.29, 1.82) is 0 Å². The van der Waals surface area contributed by atoms with Gasteiger partial charge in [-0.25, -0.2) is 12.4 Å². The zero-order chi connectivity index (χ0) is 17.1. The number of aromatic nitrogens is 2. The van der Waals surface area contributed by atoms with E-state index < -0.39 is 10.0 Å². The van der Waals surface area contributed by atoms with Gasteiger partial charge < -0.3 is 9.47 Å². The Morgan fingerprint density at radius 2 is 1.75 bits per heavy atom. The van der Waals surface area contributed by atoms with Crippen LogP contribution in [0.4, 0.5) is 0 Å². The standard InChI is InChI=1S/C17H19N3O3S/c1-18-13-8-4-3-7-12(13)16-14(18)11-15(20(16)24(2,22)23)17(21)19-9-5-6-10-19/h3-4,7-8,11H,5-6,9-10H2,1-2H3. The third kappa shape index (κ3) is 2.07. The Labute approximate surface area is 140 Å². The fourth-order valence-electron chi connectivity index (χ4n) is 3.66. The Bertz CT molecular complexity index is 1070. The second-order valence-electron chi connectivity index (χ2n) is 6.37. The van der Waals surface area contributed by atoms with Crippen LogP contribution in [-0.4, -0.2) is 47.1 Å². The zero-order valence-electron chi connectivity index (χ0n) is 13.7. The van der Waals surface area contributed by atoms with Gasteiger partial charge in [-0.2, -0.15) is 0 Å². The normalized spacial score (nSPS) is 15.7. The average Bonchev–Trinajstić information content (AvgIpc) is 3.24. The van der Waals surface area contributed by atoms with E-state index in [1.165, 1.54) is 3.97 Å². The minimum Gasteiger partial charge on any atom is -0.342 e. The van der Waals surface area contributed by atoms with Crippen LogP contribution < -0.4 is 0 Å². The van der Waals surface area contributed by atoms with Crippen LogP contribution in [0.1, 0.15) is 23.3 Å². The summed E-state index contributed by atoms with van der Waals surface area (Å²) < 4.78 is 28.1. The van der Waals surface area contributed by atoms with Crippen LogP contribution in [-0.2, 0) is 17.1 Å². The summed E-state index contributed by atoms with van der Waals surface area (Å²) in [5, 5.41) is 0.834. The summed E-state index contributed by atoms with van der Waals surface area (Å²) in [6, 6.07) is 9.34. The van der Waals surface area contributed by atoms with Crippen LogP contribution >= 0.6 is 0 Å². The van der Waals surface area contributed by atoms with Gasteiger partial charge in [-0.05, 0) is 25.0 Å². The van der Waals surface area contributed by atoms with Crippen LogP contribution in [0.25, 0.3) is 21.9 Å². The molecule has 24 heavy (non-hydrogen) atoms. The number of amides is 1. The number of fused-ring (bicyclic) bond motifs is 3. The van der Waals surface area contributed by atoms with Crippen molar-refractivity contribution in [1.82, 2.24) is 13.4 Å². The monoisotopic (exact) mass is 345 g/mol. The number of hydrogen-bond donors (Lipinski definition) is 0. The summed E-state index contributed by atoms with van der Waals surface area (Å²) in [5.41, 5.74) is 2.51. The minimum atomic E-state index is -3.61. The highest BCUT2D eigenvalue weighted by Crippen LogP contribution is 2.32. The van der Waals surface area contributed by atoms with Crippen LogP contribution in [0.2, 0.25) is 0 Å². The topological polar surface area (TPSA) is 64.3 Å². The maximum Gasteiger partial charge on any atom is 0.271 e. The molecule has 0 radical (unpaired) electrons. The van der Waals surface area contributed by atoms with E-state index in [1.807, 2.05) is 35.9 Å². The van der Waals surface area contributed by atoms with Gasteiger partial charge in [-0.15, -0.1) is 0 Å². The molecule has 0 bridgehead atoms. The van der Waals surface area contributed by atoms with E-state index >= 15 is 0 Å². The third-order valence-corrected chi connectivity index (χ3v) is 5.81. The van der Waals surface area contributed by atoms with E-state index in [-0.39, 0.29) is 11.6 Å². The molecule has 1 aliphatic heterocycles. The van der Waals surface area contributed by atoms with E-state index in [0.29, 0.717) is 18.6 Å². The predicted molar refractivity (Wildman–Crippen MR) is 93.8 cm³/mol. The molecule has 126 valence electrons. The lowest BCUT2D eigenvalue weighted by atomic mass is 10.2. The molecule has 0 unspecified atom stereocenters. The molecule has 0 spiro atoms. The Morgan fingerprint density at radius 1 is 1.08 bits per heavy atom. The first-order valence-corrected chi connectivity index (χ1v) is 9.83. The smallest absolute Gasteiger partial charge is 0.271 e. The van der Waals surface area contributed by atoms with Gasteiger partial charge in [0.1, 0.15) is 5.69 Å². The largest absolute Gasteiger partial charge is 0.342 e. The van der Waals surface area contributed by atoms with Gasteiger partial charge in [0.05, 0.1) is 22.8 Å². The summed E-state index contributed by atoms with van der Waals surface area (Å²) in [6.45, 7) is 1.37. The van der Waals surface area contributed by atoms with Gasteiger partial charge in [0.2, 0.25) is 10.0 Å². The summed E-state index contributed by atoms with van der Waals surface area (Å²) in [4.78, 5) is 14.6. The fraction of sp³-hybridized carbons (Fsp3) is 0.353. The lowest BCUT2D eigenvalue weighted by Crippen LogP contribution is -2.30. The van der Waals surface area contributed by atoms with Crippen LogP contribution in [0, 0.1) is 0 Å². The minimum absolute atomic E-state index is 0.210. The van der Waals surface area contributed by atoms with E-state index in [2.05, 4.69) is 0 Å². The van der Waals surface area contributed by atoms with E-state index in [9.17, 15) is 13.2 Å². The Morgan fingerprint density at radius 3 is 2.42 bits per heavy atom. The molecule has 3 heterocycles. The maximum atomic E-state index is 12.9. The van der Waals surface area contributed by atoms with E-state index in [4.69, 9.17) is 0 Å². The molecule has 0 saturated carbocycles. The molecular formula is C17H19N3O3S. The molecule has 0 atom stereocenters. The lowest BCUT2D eigenvalue weighted by Gasteiger charge is -2.16. The highest BCUT2D eigenvalue weighted by Gasteiger charge is 2.29. The maximum absolute atomic E-state index is 12.9. The van der Waals surface area contributed by atoms with Crippen molar-refractivity contribution in [3.8, 4) is 0 Å². The first-order valence-electron chi connectivity index (χ1n) is 7.98. The van der Waals surface area contributed by atoms with Gasteiger partial charge in [0, 0.05) is 25.5 Å². The number of carbonyl (C=O) groups is 1. The van der Waals surface area contributed by atoms with Crippen molar-refractivity contribution in [3.05, 3.63) is 36.0 Å². The van der Waals surface area contributed by atoms with Crippen molar-refractivity contribution >= 4 is 37.9 Å². The summed E-state index contributed by atoms with van der Waals surface area (Å²) in [7, 11) is -1.72. The average molecular weight is 345 g/mol. The second-order valence-corrected chi connectivity index (χ2v) is 8.20. The van der Waals surface area contributed by atoms with Crippen molar-refractivity contribution in [3.63, 3.8) is 0 Å². The first-order chi connectivity index (χ1) is 11.4. The fourth-order valence-corrected chi connectivity index (χ4v) is 4.67. The second kappa shape index (κ2) is 5.11. The zero-order valence-corrected chi connectivity index (χ0v) is 14.5. The molecule has 1 amide bonds. The third-order valence-electron chi connectivity index (χ3n) is 4.76. The molecule has 0 N–H and O–H groups in total. The molecule has 4 rings (SSSR count). The number of hydrogen-bond acceptors (Lipinski definition) is 3. The summed E-state index contributed by atoms with van der Waals surface area (Å²) in [6.07, 6.45) is 3.08. The number of nitrogens with zero attached hydrogens (tertiary/aromatic N) is 3. The van der Waals surface area contributed by atoms with Crippen LogP contribution in [0.15, 0.2) is 30.3 Å². The van der Waals surface area contributed by atoms with Gasteiger partial charge in [-0.3, -0.25) is 4.79 Å². The number of aryl methyl sites for hydroxylation is 1. The Balaban J connectivity index is 2.08. The highest BCUT2D eigenvalue weighted by atomic mass is 32.2. The summed E-state index contributed by atoms with van der Waals surface area (Å²) >= 11 is 0. The quantitative estimate of drug-likeness (QED) is 0.715. The number of benzene rings is 1. The number of rotatable bonds is 2. The SMILES string of the molecule is Cn1c2ccccc2c2c1cc(C(=O)N1CCCC1)n2S(C)(=O)=O. The summed E-state index contributed by atoms with van der Waals surface area (Å²) in [5.74, 6) is -0.210. The lowest BCUT2D eigenvalue weighted by molar-refractivity contribution is 0.0786. The van der Waals surface area contributed by atoms with Crippen molar-refractivity contribution in [2.75, 3.05) is 19.3 Å². The molecule has 1 aromatic carbocycles. The molecule has 6 nitrogen and oxygen atoms in total. The van der Waals surface area contributed by atoms with Crippen LogP contribution in [0.3, 0.4) is 0 Å². The molecule has 1 aliphatic rings. The molecule has 2 aromatic heterocycles. The number of carbonyl (C=O) groups excluding carboxylic acids is 1. The first kappa shape index (κ1) is 15.3. The number of para-hydroxylation sites is 1. The molecule has 3 aromatic rings. The van der Waals surface area contributed by atoms with Gasteiger partial charge in [-0.1, -0.05) is 18.2 Å². The Kier molecular flexibility index (Phi) is 3.25. The molecule has 1 saturated heterocycles. The number of likely N-dealkylation sites (tertiary alicyclic amines) is 1. The van der Waals surface area contributed by atoms with Crippen molar-refractivity contribution in [2.45, 2.75) is 12.8 Å². The highest BCUT2D eigenvalue weighted by molar-refractivity contribution is 7.89. The predicted octanol–water partition coefficient (Wildman–Crippen LogP) is 2.18. The molecule has 1 fully saturated rings. The molecule has 7 heteroatoms. The van der Waals surface area contributed by atoms with Gasteiger partial charge >= 0.3 is 0 Å². The van der Waals surface area contributed by atoms with E-state index in [1.54, 1.807) is 11.0 Å². The van der Waals surface area contributed by atoms with Crippen molar-refractivity contribution < 1.29 is 13.2 Å². The molecular weight excluding hydrogens is 326 g/mol. The van der Waals surface area contributed by atoms with Crippen LogP contribution in [0.5, 0.6) is 0 Å².